The Hall–Kier alpha value is -2.00. The van der Waals surface area contributed by atoms with E-state index in [2.05, 4.69) is 10.3 Å². The van der Waals surface area contributed by atoms with Gasteiger partial charge in [-0.05, 0) is 36.8 Å². The van der Waals surface area contributed by atoms with E-state index in [-0.39, 0.29) is 0 Å². The van der Waals surface area contributed by atoms with Crippen LogP contribution in [0.5, 0.6) is 0 Å². The highest BCUT2D eigenvalue weighted by molar-refractivity contribution is 6.30. The summed E-state index contributed by atoms with van der Waals surface area (Å²) in [7, 11) is 0. The van der Waals surface area contributed by atoms with Gasteiger partial charge in [0.25, 0.3) is 0 Å². The zero-order chi connectivity index (χ0) is 13.7. The van der Waals surface area contributed by atoms with Gasteiger partial charge in [-0.25, -0.2) is 4.99 Å². The van der Waals surface area contributed by atoms with Crippen LogP contribution < -0.4 is 11.1 Å². The summed E-state index contributed by atoms with van der Waals surface area (Å²) in [6.07, 6.45) is 0. The summed E-state index contributed by atoms with van der Waals surface area (Å²) >= 11 is 5.91. The summed E-state index contributed by atoms with van der Waals surface area (Å²) in [4.78, 5) is 4.28. The highest BCUT2D eigenvalue weighted by Crippen LogP contribution is 2.12. The molecule has 0 atom stereocenters. The first-order valence-corrected chi connectivity index (χ1v) is 6.39. The van der Waals surface area contributed by atoms with Crippen molar-refractivity contribution >= 4 is 23.2 Å². The smallest absolute Gasteiger partial charge is 0.193 e. The van der Waals surface area contributed by atoms with E-state index in [0.717, 1.165) is 11.3 Å². The van der Waals surface area contributed by atoms with Gasteiger partial charge in [0.1, 0.15) is 0 Å². The highest BCUT2D eigenvalue weighted by Gasteiger charge is 1.96. The maximum atomic E-state index is 5.91. The molecular formula is C15H16ClN3. The van der Waals surface area contributed by atoms with Crippen molar-refractivity contribution in [3.05, 3.63) is 64.7 Å². The topological polar surface area (TPSA) is 50.4 Å². The molecule has 0 amide bonds. The van der Waals surface area contributed by atoms with Crippen LogP contribution in [0.3, 0.4) is 0 Å². The number of hydrogen-bond acceptors (Lipinski definition) is 1. The van der Waals surface area contributed by atoms with Gasteiger partial charge < -0.3 is 11.1 Å². The molecule has 0 saturated heterocycles. The van der Waals surface area contributed by atoms with Gasteiger partial charge in [-0.15, -0.1) is 0 Å². The molecule has 0 aromatic heterocycles. The lowest BCUT2D eigenvalue weighted by Crippen LogP contribution is -2.22. The van der Waals surface area contributed by atoms with Gasteiger partial charge in [-0.2, -0.15) is 0 Å². The fraction of sp³-hybridized carbons (Fsp3) is 0.133. The molecular weight excluding hydrogens is 258 g/mol. The molecule has 3 nitrogen and oxygen atoms in total. The number of benzene rings is 2. The summed E-state index contributed by atoms with van der Waals surface area (Å²) in [5.41, 5.74) is 9.00. The third kappa shape index (κ3) is 4.30. The summed E-state index contributed by atoms with van der Waals surface area (Å²) in [6, 6.07) is 15.6. The van der Waals surface area contributed by atoms with Crippen molar-refractivity contribution in [2.24, 2.45) is 10.7 Å². The average Bonchev–Trinajstić information content (AvgIpc) is 2.39. The lowest BCUT2D eigenvalue weighted by atomic mass is 10.2. The molecule has 0 heterocycles. The minimum atomic E-state index is 0.392. The molecule has 0 aliphatic heterocycles. The first-order chi connectivity index (χ1) is 9.13. The minimum absolute atomic E-state index is 0.392. The molecule has 2 aromatic carbocycles. The summed E-state index contributed by atoms with van der Waals surface area (Å²) in [5.74, 6) is 0.392. The van der Waals surface area contributed by atoms with Crippen LogP contribution in [-0.2, 0) is 6.54 Å². The molecule has 98 valence electrons. The van der Waals surface area contributed by atoms with Gasteiger partial charge in [-0.3, -0.25) is 0 Å². The number of rotatable bonds is 3. The minimum Gasteiger partial charge on any atom is -0.370 e. The van der Waals surface area contributed by atoms with Crippen LogP contribution in [0.4, 0.5) is 5.69 Å². The first-order valence-electron chi connectivity index (χ1n) is 6.01. The standard InChI is InChI=1S/C15H16ClN3/c1-11-5-7-14(8-6-11)19-15(17)18-10-12-3-2-4-13(16)9-12/h2-9H,10H2,1H3,(H3,17,18,19). The summed E-state index contributed by atoms with van der Waals surface area (Å²) < 4.78 is 0. The van der Waals surface area contributed by atoms with Gasteiger partial charge in [-0.1, -0.05) is 41.4 Å². The van der Waals surface area contributed by atoms with Crippen LogP contribution in [0, 0.1) is 6.92 Å². The Bertz CT molecular complexity index is 576. The summed E-state index contributed by atoms with van der Waals surface area (Å²) in [5, 5.41) is 3.76. The van der Waals surface area contributed by atoms with Crippen LogP contribution in [0.25, 0.3) is 0 Å². The molecule has 0 fully saturated rings. The van der Waals surface area contributed by atoms with E-state index in [9.17, 15) is 0 Å². The van der Waals surface area contributed by atoms with Crippen molar-refractivity contribution in [3.63, 3.8) is 0 Å². The Morgan fingerprint density at radius 2 is 1.95 bits per heavy atom. The maximum Gasteiger partial charge on any atom is 0.193 e. The van der Waals surface area contributed by atoms with Crippen molar-refractivity contribution in [2.45, 2.75) is 13.5 Å². The number of guanidine groups is 1. The highest BCUT2D eigenvalue weighted by atomic mass is 35.5. The van der Waals surface area contributed by atoms with Gasteiger partial charge in [0, 0.05) is 10.7 Å². The largest absolute Gasteiger partial charge is 0.370 e. The molecule has 0 aliphatic rings. The lowest BCUT2D eigenvalue weighted by Gasteiger charge is -2.06. The number of anilines is 1. The fourth-order valence-electron chi connectivity index (χ4n) is 1.64. The van der Waals surface area contributed by atoms with Crippen LogP contribution in [-0.4, -0.2) is 5.96 Å². The van der Waals surface area contributed by atoms with E-state index in [1.165, 1.54) is 5.56 Å². The normalized spacial score (nSPS) is 11.4. The first kappa shape index (κ1) is 13.4. The quantitative estimate of drug-likeness (QED) is 0.663. The van der Waals surface area contributed by atoms with E-state index in [4.69, 9.17) is 17.3 Å². The Balaban J connectivity index is 1.97. The van der Waals surface area contributed by atoms with Crippen molar-refractivity contribution in [2.75, 3.05) is 5.32 Å². The Morgan fingerprint density at radius 1 is 1.21 bits per heavy atom. The fourth-order valence-corrected chi connectivity index (χ4v) is 1.85. The van der Waals surface area contributed by atoms with Crippen molar-refractivity contribution in [1.82, 2.24) is 0 Å². The Kier molecular flexibility index (Phi) is 4.42. The van der Waals surface area contributed by atoms with Gasteiger partial charge in [0.15, 0.2) is 5.96 Å². The maximum absolute atomic E-state index is 5.91. The number of nitrogens with zero attached hydrogens (tertiary/aromatic N) is 1. The third-order valence-electron chi connectivity index (χ3n) is 2.64. The van der Waals surface area contributed by atoms with Crippen molar-refractivity contribution in [3.8, 4) is 0 Å². The number of aliphatic imine (C=N–C) groups is 1. The van der Waals surface area contributed by atoms with Crippen molar-refractivity contribution in [1.29, 1.82) is 0 Å². The molecule has 0 unspecified atom stereocenters. The molecule has 0 spiro atoms. The van der Waals surface area contributed by atoms with Crippen molar-refractivity contribution < 1.29 is 0 Å². The van der Waals surface area contributed by atoms with Gasteiger partial charge >= 0.3 is 0 Å². The Labute approximate surface area is 118 Å². The zero-order valence-corrected chi connectivity index (χ0v) is 11.5. The second-order valence-corrected chi connectivity index (χ2v) is 4.76. The number of nitrogens with two attached hydrogens (primary N) is 1. The molecule has 0 aliphatic carbocycles. The molecule has 3 N–H and O–H groups in total. The third-order valence-corrected chi connectivity index (χ3v) is 2.88. The Morgan fingerprint density at radius 3 is 2.63 bits per heavy atom. The number of nitrogens with one attached hydrogen (secondary N) is 1. The van der Waals surface area contributed by atoms with E-state index in [1.807, 2.05) is 55.5 Å². The number of halogens is 1. The monoisotopic (exact) mass is 273 g/mol. The van der Waals surface area contributed by atoms with Crippen LogP contribution in [0.15, 0.2) is 53.5 Å². The predicted molar refractivity (Wildman–Crippen MR) is 81.6 cm³/mol. The predicted octanol–water partition coefficient (Wildman–Crippen LogP) is 3.58. The SMILES string of the molecule is Cc1ccc(NC(N)=NCc2cccc(Cl)c2)cc1. The second-order valence-electron chi connectivity index (χ2n) is 4.32. The van der Waals surface area contributed by atoms with E-state index in [0.29, 0.717) is 17.5 Å². The molecule has 2 rings (SSSR count). The van der Waals surface area contributed by atoms with E-state index in [1.54, 1.807) is 0 Å². The lowest BCUT2D eigenvalue weighted by molar-refractivity contribution is 1.06. The molecule has 19 heavy (non-hydrogen) atoms. The molecule has 4 heteroatoms. The van der Waals surface area contributed by atoms with Gasteiger partial charge in [0.2, 0.25) is 0 Å². The zero-order valence-electron chi connectivity index (χ0n) is 10.7. The molecule has 2 aromatic rings. The van der Waals surface area contributed by atoms with Crippen LogP contribution in [0.2, 0.25) is 5.02 Å². The number of aryl methyl sites for hydroxylation is 1. The molecule has 0 saturated carbocycles. The summed E-state index contributed by atoms with van der Waals surface area (Å²) in [6.45, 7) is 2.55. The van der Waals surface area contributed by atoms with Crippen LogP contribution in [0.1, 0.15) is 11.1 Å². The van der Waals surface area contributed by atoms with E-state index < -0.39 is 0 Å². The van der Waals surface area contributed by atoms with Gasteiger partial charge in [0.05, 0.1) is 6.54 Å². The van der Waals surface area contributed by atoms with E-state index >= 15 is 0 Å². The molecule has 0 bridgehead atoms. The number of hydrogen-bond donors (Lipinski definition) is 2. The molecule has 0 radical (unpaired) electrons. The average molecular weight is 274 g/mol. The van der Waals surface area contributed by atoms with Crippen LogP contribution >= 0.6 is 11.6 Å². The second kappa shape index (κ2) is 6.25.